The van der Waals surface area contributed by atoms with Gasteiger partial charge < -0.3 is 11.2 Å². The summed E-state index contributed by atoms with van der Waals surface area (Å²) in [5.74, 6) is 0. The molecule has 4 N–H and O–H groups in total. The van der Waals surface area contributed by atoms with Crippen LogP contribution in [-0.2, 0) is 0 Å². The fourth-order valence-electron chi connectivity index (χ4n) is 1.43. The number of nitrogens with one attached hydrogen (secondary N) is 2. The summed E-state index contributed by atoms with van der Waals surface area (Å²) in [5.41, 5.74) is 11.3. The number of nitrogens with two attached hydrogens (primary N) is 1. The minimum absolute atomic E-state index is 0.536. The molecule has 0 radical (unpaired) electrons. The van der Waals surface area contributed by atoms with Crippen LogP contribution in [0.3, 0.4) is 0 Å². The molecular weight excluding hydrogens is 150 g/mol. The second-order valence-corrected chi connectivity index (χ2v) is 3.33. The lowest BCUT2D eigenvalue weighted by atomic mass is 9.97. The maximum Gasteiger partial charge on any atom is 0.0345 e. The Morgan fingerprint density at radius 1 is 1.17 bits per heavy atom. The van der Waals surface area contributed by atoms with E-state index >= 15 is 0 Å². The predicted molar refractivity (Wildman–Crippen MR) is 51.3 cm³/mol. The van der Waals surface area contributed by atoms with Crippen molar-refractivity contribution in [2.24, 2.45) is 5.73 Å². The highest BCUT2D eigenvalue weighted by Crippen LogP contribution is 2.14. The molecule has 12 heavy (non-hydrogen) atoms. The van der Waals surface area contributed by atoms with Gasteiger partial charge in [-0.15, -0.1) is 0 Å². The summed E-state index contributed by atoms with van der Waals surface area (Å²) in [6.07, 6.45) is 10.6. The standard InChI is InChI=1S/C6H13N.C3H6N2/c7-6-4-2-1-3-5-6;1-2-4-5-3-1/h6H,1-5,7H2;1-2,4-5H,3H2. The molecule has 0 bridgehead atoms. The van der Waals surface area contributed by atoms with Gasteiger partial charge in [0, 0.05) is 18.8 Å². The molecule has 2 aliphatic rings. The average molecular weight is 169 g/mol. The first-order chi connectivity index (χ1) is 5.89. The number of hydrogen-bond donors (Lipinski definition) is 3. The number of hydrazine groups is 1. The van der Waals surface area contributed by atoms with Gasteiger partial charge in [0.1, 0.15) is 0 Å². The Morgan fingerprint density at radius 3 is 2.17 bits per heavy atom. The van der Waals surface area contributed by atoms with Crippen molar-refractivity contribution in [1.82, 2.24) is 10.9 Å². The van der Waals surface area contributed by atoms with E-state index in [0.717, 1.165) is 6.54 Å². The van der Waals surface area contributed by atoms with E-state index in [2.05, 4.69) is 10.9 Å². The molecule has 2 rings (SSSR count). The average Bonchev–Trinajstić information content (AvgIpc) is 2.62. The van der Waals surface area contributed by atoms with E-state index in [-0.39, 0.29) is 0 Å². The molecule has 1 saturated carbocycles. The monoisotopic (exact) mass is 169 g/mol. The summed E-state index contributed by atoms with van der Waals surface area (Å²) in [4.78, 5) is 0. The van der Waals surface area contributed by atoms with E-state index < -0.39 is 0 Å². The summed E-state index contributed by atoms with van der Waals surface area (Å²) >= 11 is 0. The topological polar surface area (TPSA) is 50.1 Å². The lowest BCUT2D eigenvalue weighted by Crippen LogP contribution is -2.22. The number of hydrogen-bond acceptors (Lipinski definition) is 3. The molecule has 0 spiro atoms. The van der Waals surface area contributed by atoms with Gasteiger partial charge in [0.05, 0.1) is 0 Å². The first-order valence-corrected chi connectivity index (χ1v) is 4.78. The minimum atomic E-state index is 0.536. The molecule has 1 heterocycles. The van der Waals surface area contributed by atoms with Gasteiger partial charge in [0.2, 0.25) is 0 Å². The summed E-state index contributed by atoms with van der Waals surface area (Å²) < 4.78 is 0. The van der Waals surface area contributed by atoms with Crippen LogP contribution in [-0.4, -0.2) is 12.6 Å². The second-order valence-electron chi connectivity index (χ2n) is 3.33. The van der Waals surface area contributed by atoms with Gasteiger partial charge in [0.25, 0.3) is 0 Å². The van der Waals surface area contributed by atoms with Crippen LogP contribution >= 0.6 is 0 Å². The summed E-state index contributed by atoms with van der Waals surface area (Å²) in [7, 11) is 0. The van der Waals surface area contributed by atoms with Gasteiger partial charge in [-0.2, -0.15) is 0 Å². The van der Waals surface area contributed by atoms with Crippen molar-refractivity contribution in [2.75, 3.05) is 6.54 Å². The Balaban J connectivity index is 0.000000127. The molecule has 3 heteroatoms. The van der Waals surface area contributed by atoms with Crippen molar-refractivity contribution in [3.63, 3.8) is 0 Å². The third-order valence-corrected chi connectivity index (χ3v) is 2.17. The van der Waals surface area contributed by atoms with E-state index in [0.29, 0.717) is 6.04 Å². The van der Waals surface area contributed by atoms with Crippen LogP contribution in [0.1, 0.15) is 32.1 Å². The van der Waals surface area contributed by atoms with Crippen LogP contribution in [0, 0.1) is 0 Å². The Bertz CT molecular complexity index is 122. The van der Waals surface area contributed by atoms with Gasteiger partial charge in [-0.1, -0.05) is 25.3 Å². The lowest BCUT2D eigenvalue weighted by Gasteiger charge is -2.15. The first-order valence-electron chi connectivity index (χ1n) is 4.78. The molecule has 1 aliphatic heterocycles. The zero-order valence-electron chi connectivity index (χ0n) is 7.55. The Morgan fingerprint density at radius 2 is 1.92 bits per heavy atom. The minimum Gasteiger partial charge on any atom is -0.329 e. The molecule has 0 amide bonds. The largest absolute Gasteiger partial charge is 0.329 e. The molecule has 70 valence electrons. The predicted octanol–water partition coefficient (Wildman–Crippen LogP) is 0.886. The van der Waals surface area contributed by atoms with E-state index in [9.17, 15) is 0 Å². The van der Waals surface area contributed by atoms with E-state index in [1.54, 1.807) is 0 Å². The van der Waals surface area contributed by atoms with Crippen molar-refractivity contribution in [3.05, 3.63) is 12.3 Å². The number of rotatable bonds is 0. The van der Waals surface area contributed by atoms with Crippen molar-refractivity contribution >= 4 is 0 Å². The van der Waals surface area contributed by atoms with Gasteiger partial charge in [0.15, 0.2) is 0 Å². The quantitative estimate of drug-likeness (QED) is 0.504. The molecule has 0 saturated heterocycles. The fourth-order valence-corrected chi connectivity index (χ4v) is 1.43. The molecule has 1 aliphatic carbocycles. The molecule has 0 aromatic heterocycles. The zero-order chi connectivity index (χ0) is 8.65. The molecule has 0 unspecified atom stereocenters. The molecule has 0 aromatic rings. The SMILES string of the molecule is C1=CNNC1.NC1CCCCC1. The Labute approximate surface area is 74.4 Å². The Kier molecular flexibility index (Phi) is 4.80. The summed E-state index contributed by atoms with van der Waals surface area (Å²) in [6.45, 7) is 0.958. The van der Waals surface area contributed by atoms with Crippen LogP contribution in [0.5, 0.6) is 0 Å². The van der Waals surface area contributed by atoms with Gasteiger partial charge >= 0.3 is 0 Å². The first kappa shape index (κ1) is 9.55. The third kappa shape index (κ3) is 4.36. The van der Waals surface area contributed by atoms with Gasteiger partial charge in [-0.05, 0) is 12.8 Å². The second kappa shape index (κ2) is 6.03. The maximum atomic E-state index is 5.63. The van der Waals surface area contributed by atoms with Crippen LogP contribution < -0.4 is 16.6 Å². The summed E-state index contributed by atoms with van der Waals surface area (Å²) in [5, 5.41) is 0. The van der Waals surface area contributed by atoms with Crippen LogP contribution in [0.25, 0.3) is 0 Å². The maximum absolute atomic E-state index is 5.63. The van der Waals surface area contributed by atoms with Crippen molar-refractivity contribution < 1.29 is 0 Å². The normalized spacial score (nSPS) is 22.8. The molecular formula is C9H19N3. The third-order valence-electron chi connectivity index (χ3n) is 2.17. The van der Waals surface area contributed by atoms with Crippen LogP contribution in [0.4, 0.5) is 0 Å². The van der Waals surface area contributed by atoms with Crippen molar-refractivity contribution in [2.45, 2.75) is 38.1 Å². The van der Waals surface area contributed by atoms with E-state index in [1.807, 2.05) is 12.3 Å². The van der Waals surface area contributed by atoms with Crippen molar-refractivity contribution in [1.29, 1.82) is 0 Å². The Hall–Kier alpha value is -0.540. The van der Waals surface area contributed by atoms with Crippen LogP contribution in [0.15, 0.2) is 12.3 Å². The zero-order valence-corrected chi connectivity index (χ0v) is 7.55. The van der Waals surface area contributed by atoms with Gasteiger partial charge in [-0.3, -0.25) is 0 Å². The van der Waals surface area contributed by atoms with Gasteiger partial charge in [-0.25, -0.2) is 5.43 Å². The van der Waals surface area contributed by atoms with Crippen LogP contribution in [0.2, 0.25) is 0 Å². The molecule has 1 fully saturated rings. The molecule has 0 atom stereocenters. The van der Waals surface area contributed by atoms with E-state index in [1.165, 1.54) is 32.1 Å². The highest BCUT2D eigenvalue weighted by atomic mass is 15.4. The summed E-state index contributed by atoms with van der Waals surface area (Å²) in [6, 6.07) is 0.536. The fraction of sp³-hybridized carbons (Fsp3) is 0.778. The van der Waals surface area contributed by atoms with E-state index in [4.69, 9.17) is 5.73 Å². The smallest absolute Gasteiger partial charge is 0.0345 e. The molecule has 0 aromatic carbocycles. The van der Waals surface area contributed by atoms with Crippen molar-refractivity contribution in [3.8, 4) is 0 Å². The highest BCUT2D eigenvalue weighted by Gasteiger charge is 2.06. The molecule has 3 nitrogen and oxygen atoms in total. The highest BCUT2D eigenvalue weighted by molar-refractivity contribution is 4.85. The lowest BCUT2D eigenvalue weighted by molar-refractivity contribution is 0.441.